The van der Waals surface area contributed by atoms with E-state index in [9.17, 15) is 9.59 Å². The molecule has 1 amide bonds. The normalized spacial score (nSPS) is 20.4. The Kier molecular flexibility index (Phi) is 8.84. The van der Waals surface area contributed by atoms with Gasteiger partial charge < -0.3 is 25.4 Å². The zero-order valence-corrected chi connectivity index (χ0v) is 26.1. The van der Waals surface area contributed by atoms with Crippen LogP contribution >= 0.6 is 12.2 Å². The third-order valence-electron chi connectivity index (χ3n) is 9.25. The predicted octanol–water partition coefficient (Wildman–Crippen LogP) is 6.74. The van der Waals surface area contributed by atoms with E-state index in [-0.39, 0.29) is 23.4 Å². The average molecular weight is 598 g/mol. The number of nitrogens with one attached hydrogen (secondary N) is 3. The maximum Gasteiger partial charge on any atom is 0.251 e. The van der Waals surface area contributed by atoms with E-state index in [4.69, 9.17) is 12.2 Å². The molecule has 0 unspecified atom stereocenters. The first-order chi connectivity index (χ1) is 20.8. The first-order valence-electron chi connectivity index (χ1n) is 15.9. The van der Waals surface area contributed by atoms with Crippen molar-refractivity contribution in [3.8, 4) is 0 Å². The SMILES string of the molecule is Cc1cc(C)cc(NC(=S)Nc2cc(C(=O)NC3CCCCCCC3)ccc2N2C[C@H]3C[C@@H](C2)c2cccc(=O)n2C3)c1. The van der Waals surface area contributed by atoms with Crippen molar-refractivity contribution in [1.82, 2.24) is 9.88 Å². The summed E-state index contributed by atoms with van der Waals surface area (Å²) < 4.78 is 1.96. The number of amides is 1. The van der Waals surface area contributed by atoms with Crippen LogP contribution in [0.1, 0.15) is 84.5 Å². The highest BCUT2D eigenvalue weighted by atomic mass is 32.1. The fraction of sp³-hybridized carbons (Fsp3) is 0.457. The van der Waals surface area contributed by atoms with Gasteiger partial charge in [0.2, 0.25) is 0 Å². The van der Waals surface area contributed by atoms with Crippen molar-refractivity contribution in [3.05, 3.63) is 87.3 Å². The lowest BCUT2D eigenvalue weighted by Gasteiger charge is -2.44. The van der Waals surface area contributed by atoms with Crippen molar-refractivity contribution >= 4 is 40.3 Å². The van der Waals surface area contributed by atoms with Gasteiger partial charge in [-0.25, -0.2) is 0 Å². The van der Waals surface area contributed by atoms with E-state index in [0.29, 0.717) is 16.6 Å². The van der Waals surface area contributed by atoms with Crippen molar-refractivity contribution < 1.29 is 4.79 Å². The first-order valence-corrected chi connectivity index (χ1v) is 16.3. The molecule has 2 bridgehead atoms. The highest BCUT2D eigenvalue weighted by Crippen LogP contribution is 2.39. The molecule has 3 aliphatic rings. The lowest BCUT2D eigenvalue weighted by atomic mass is 9.83. The number of thiocarbonyl (C=S) groups is 1. The number of aromatic nitrogens is 1. The minimum atomic E-state index is -0.0304. The highest BCUT2D eigenvalue weighted by Gasteiger charge is 2.35. The third-order valence-corrected chi connectivity index (χ3v) is 9.45. The van der Waals surface area contributed by atoms with Crippen LogP contribution in [0.15, 0.2) is 59.4 Å². The summed E-state index contributed by atoms with van der Waals surface area (Å²) in [7, 11) is 0. The van der Waals surface area contributed by atoms with Crippen molar-refractivity contribution in [2.75, 3.05) is 28.6 Å². The number of nitrogens with zero attached hydrogens (tertiary/aromatic N) is 2. The smallest absolute Gasteiger partial charge is 0.251 e. The predicted molar refractivity (Wildman–Crippen MR) is 180 cm³/mol. The number of anilines is 3. The van der Waals surface area contributed by atoms with Crippen LogP contribution in [-0.2, 0) is 6.54 Å². The molecule has 1 aromatic heterocycles. The molecule has 1 saturated carbocycles. The first kappa shape index (κ1) is 29.4. The summed E-state index contributed by atoms with van der Waals surface area (Å²) in [6.45, 7) is 6.53. The largest absolute Gasteiger partial charge is 0.369 e. The van der Waals surface area contributed by atoms with Gasteiger partial charge in [-0.05, 0) is 98.8 Å². The Morgan fingerprint density at radius 1 is 0.860 bits per heavy atom. The molecule has 6 rings (SSSR count). The van der Waals surface area contributed by atoms with Crippen molar-refractivity contribution in [1.29, 1.82) is 0 Å². The molecule has 2 fully saturated rings. The Balaban J connectivity index is 1.27. The molecule has 7 nitrogen and oxygen atoms in total. The number of hydrogen-bond acceptors (Lipinski definition) is 4. The van der Waals surface area contributed by atoms with E-state index in [1.165, 1.54) is 32.1 Å². The monoisotopic (exact) mass is 597 g/mol. The molecule has 0 spiro atoms. The van der Waals surface area contributed by atoms with Crippen molar-refractivity contribution in [2.45, 2.75) is 83.7 Å². The summed E-state index contributed by atoms with van der Waals surface area (Å²) in [5.41, 5.74) is 6.94. The van der Waals surface area contributed by atoms with Gasteiger partial charge in [-0.1, -0.05) is 44.2 Å². The maximum atomic E-state index is 13.5. The number of fused-ring (bicyclic) bond motifs is 4. The van der Waals surface area contributed by atoms with Gasteiger partial charge in [0.1, 0.15) is 0 Å². The molecule has 226 valence electrons. The molecule has 1 saturated heterocycles. The van der Waals surface area contributed by atoms with Crippen LogP contribution in [0.5, 0.6) is 0 Å². The van der Waals surface area contributed by atoms with Gasteiger partial charge in [0.25, 0.3) is 11.5 Å². The van der Waals surface area contributed by atoms with E-state index < -0.39 is 0 Å². The Bertz CT molecular complexity index is 1540. The van der Waals surface area contributed by atoms with Crippen LogP contribution in [0.4, 0.5) is 17.1 Å². The van der Waals surface area contributed by atoms with E-state index in [2.05, 4.69) is 65.0 Å². The second-order valence-electron chi connectivity index (χ2n) is 12.8. The van der Waals surface area contributed by atoms with Crippen LogP contribution in [-0.4, -0.2) is 34.7 Å². The highest BCUT2D eigenvalue weighted by molar-refractivity contribution is 7.80. The molecule has 2 aliphatic heterocycles. The summed E-state index contributed by atoms with van der Waals surface area (Å²) in [5, 5.41) is 10.6. The Labute approximate surface area is 260 Å². The number of aryl methyl sites for hydroxylation is 2. The molecule has 2 atom stereocenters. The van der Waals surface area contributed by atoms with Gasteiger partial charge in [-0.3, -0.25) is 9.59 Å². The van der Waals surface area contributed by atoms with Gasteiger partial charge in [0, 0.05) is 54.6 Å². The fourth-order valence-corrected chi connectivity index (χ4v) is 7.57. The van der Waals surface area contributed by atoms with E-state index in [0.717, 1.165) is 72.8 Å². The Morgan fingerprint density at radius 3 is 2.37 bits per heavy atom. The van der Waals surface area contributed by atoms with Crippen LogP contribution in [0.3, 0.4) is 0 Å². The maximum absolute atomic E-state index is 13.5. The molecule has 8 heteroatoms. The van der Waals surface area contributed by atoms with Crippen LogP contribution in [0.25, 0.3) is 0 Å². The van der Waals surface area contributed by atoms with E-state index >= 15 is 0 Å². The van der Waals surface area contributed by atoms with Crippen LogP contribution in [0.2, 0.25) is 0 Å². The fourth-order valence-electron chi connectivity index (χ4n) is 7.35. The molecule has 3 aromatic rings. The molecule has 0 radical (unpaired) electrons. The number of carbonyl (C=O) groups is 1. The molecule has 43 heavy (non-hydrogen) atoms. The number of carbonyl (C=O) groups excluding carboxylic acids is 1. The van der Waals surface area contributed by atoms with Crippen LogP contribution < -0.4 is 26.4 Å². The molecule has 2 aromatic carbocycles. The minimum absolute atomic E-state index is 0.0304. The van der Waals surface area contributed by atoms with Crippen molar-refractivity contribution in [3.63, 3.8) is 0 Å². The Hall–Kier alpha value is -3.65. The molecule has 3 N–H and O–H groups in total. The Morgan fingerprint density at radius 2 is 1.60 bits per heavy atom. The zero-order chi connectivity index (χ0) is 29.9. The van der Waals surface area contributed by atoms with Gasteiger partial charge in [-0.2, -0.15) is 0 Å². The second-order valence-corrected chi connectivity index (χ2v) is 13.2. The molecule has 1 aliphatic carbocycles. The quantitative estimate of drug-likeness (QED) is 0.283. The summed E-state index contributed by atoms with van der Waals surface area (Å²) in [6, 6.07) is 18.1. The number of benzene rings is 2. The van der Waals surface area contributed by atoms with E-state index in [1.807, 2.05) is 22.8 Å². The lowest BCUT2D eigenvalue weighted by molar-refractivity contribution is 0.0930. The second kappa shape index (κ2) is 12.9. The van der Waals surface area contributed by atoms with E-state index in [1.54, 1.807) is 6.07 Å². The standard InChI is InChI=1S/C35H43N5O2S/c1-23-15-24(2)17-29(16-23)37-35(43)38-30-19-26(34(42)36-28-9-6-4-3-5-7-10-28)13-14-32(30)39-20-25-18-27(22-39)31-11-8-12-33(41)40(31)21-25/h8,11-17,19,25,27-28H,3-7,9-10,18,20-22H2,1-2H3,(H,36,42)(H2,37,38,43)/t25-,27+/m1/s1. The van der Waals surface area contributed by atoms with Crippen LogP contribution in [0, 0.1) is 19.8 Å². The molecular formula is C35H43N5O2S. The number of rotatable bonds is 5. The number of piperidine rings is 1. The molecular weight excluding hydrogens is 554 g/mol. The van der Waals surface area contributed by atoms with Crippen molar-refractivity contribution in [2.24, 2.45) is 5.92 Å². The number of pyridine rings is 1. The summed E-state index contributed by atoms with van der Waals surface area (Å²) in [4.78, 5) is 28.5. The lowest BCUT2D eigenvalue weighted by Crippen LogP contribution is -2.47. The summed E-state index contributed by atoms with van der Waals surface area (Å²) in [6.07, 6.45) is 9.29. The van der Waals surface area contributed by atoms with Gasteiger partial charge >= 0.3 is 0 Å². The molecule has 3 heterocycles. The topological polar surface area (TPSA) is 78.4 Å². The average Bonchev–Trinajstić information content (AvgIpc) is 2.94. The number of hydrogen-bond donors (Lipinski definition) is 3. The summed E-state index contributed by atoms with van der Waals surface area (Å²) >= 11 is 5.80. The van der Waals surface area contributed by atoms with Gasteiger partial charge in [-0.15, -0.1) is 0 Å². The minimum Gasteiger partial charge on any atom is -0.369 e. The third kappa shape index (κ3) is 6.96. The summed E-state index contributed by atoms with van der Waals surface area (Å²) in [5.74, 6) is 0.621. The zero-order valence-electron chi connectivity index (χ0n) is 25.3. The van der Waals surface area contributed by atoms with Gasteiger partial charge in [0.05, 0.1) is 11.4 Å². The van der Waals surface area contributed by atoms with Gasteiger partial charge in [0.15, 0.2) is 5.11 Å².